The predicted molar refractivity (Wildman–Crippen MR) is 104 cm³/mol. The van der Waals surface area contributed by atoms with E-state index >= 15 is 0 Å². The van der Waals surface area contributed by atoms with Gasteiger partial charge in [0.05, 0.1) is 12.7 Å². The van der Waals surface area contributed by atoms with Crippen molar-refractivity contribution in [3.63, 3.8) is 0 Å². The van der Waals surface area contributed by atoms with Crippen LogP contribution in [0.2, 0.25) is 0 Å². The highest BCUT2D eigenvalue weighted by Crippen LogP contribution is 2.19. The Bertz CT molecular complexity index is 325. The molecule has 0 radical (unpaired) electrons. The molecule has 0 aliphatic heterocycles. The van der Waals surface area contributed by atoms with Crippen LogP contribution >= 0.6 is 0 Å². The average molecular weight is 341 g/mol. The van der Waals surface area contributed by atoms with Crippen LogP contribution in [0.1, 0.15) is 65.2 Å². The SMILES string of the molecule is CN=C(NCCCCN(C)C(C)C)NCCOC1CCCCCC1. The number of hydrogen-bond acceptors (Lipinski definition) is 3. The van der Waals surface area contributed by atoms with Gasteiger partial charge in [-0.1, -0.05) is 25.7 Å². The maximum absolute atomic E-state index is 6.00. The molecule has 1 aliphatic rings. The first kappa shape index (κ1) is 21.2. The molecule has 0 amide bonds. The van der Waals surface area contributed by atoms with E-state index in [0.717, 1.165) is 38.6 Å². The zero-order valence-corrected chi connectivity index (χ0v) is 16.4. The minimum Gasteiger partial charge on any atom is -0.376 e. The number of nitrogens with one attached hydrogen (secondary N) is 2. The van der Waals surface area contributed by atoms with Crippen molar-refractivity contribution in [2.75, 3.05) is 40.3 Å². The first-order valence-corrected chi connectivity index (χ1v) is 9.90. The molecule has 0 aromatic carbocycles. The number of aliphatic imine (C=N–C) groups is 1. The highest BCUT2D eigenvalue weighted by atomic mass is 16.5. The summed E-state index contributed by atoms with van der Waals surface area (Å²) in [6.45, 7) is 8.19. The summed E-state index contributed by atoms with van der Waals surface area (Å²) >= 11 is 0. The van der Waals surface area contributed by atoms with Gasteiger partial charge in [-0.15, -0.1) is 0 Å². The number of rotatable bonds is 10. The van der Waals surface area contributed by atoms with Crippen LogP contribution in [0.15, 0.2) is 4.99 Å². The van der Waals surface area contributed by atoms with Gasteiger partial charge in [0.2, 0.25) is 0 Å². The third kappa shape index (κ3) is 10.1. The Labute approximate surface area is 149 Å². The standard InChI is InChI=1S/C19H40N4O/c1-17(2)23(4)15-10-9-13-21-19(20-3)22-14-16-24-18-11-7-5-6-8-12-18/h17-18H,5-16H2,1-4H3,(H2,20,21,22). The number of ether oxygens (including phenoxy) is 1. The maximum atomic E-state index is 6.00. The lowest BCUT2D eigenvalue weighted by atomic mass is 10.1. The predicted octanol–water partition coefficient (Wildman–Crippen LogP) is 3.01. The molecule has 1 saturated carbocycles. The molecule has 2 N–H and O–H groups in total. The first-order valence-electron chi connectivity index (χ1n) is 9.90. The van der Waals surface area contributed by atoms with Crippen molar-refractivity contribution >= 4 is 5.96 Å². The summed E-state index contributed by atoms with van der Waals surface area (Å²) in [6, 6.07) is 0.626. The van der Waals surface area contributed by atoms with Gasteiger partial charge in [-0.25, -0.2) is 0 Å². The molecule has 0 saturated heterocycles. The van der Waals surface area contributed by atoms with Crippen LogP contribution in [0.4, 0.5) is 0 Å². The van der Waals surface area contributed by atoms with Gasteiger partial charge >= 0.3 is 0 Å². The number of unbranched alkanes of at least 4 members (excludes halogenated alkanes) is 1. The molecule has 0 heterocycles. The first-order chi connectivity index (χ1) is 11.6. The van der Waals surface area contributed by atoms with Crippen molar-refractivity contribution in [3.8, 4) is 0 Å². The van der Waals surface area contributed by atoms with Crippen molar-refractivity contribution in [2.24, 2.45) is 4.99 Å². The lowest BCUT2D eigenvalue weighted by molar-refractivity contribution is 0.0468. The average Bonchev–Trinajstić information content (AvgIpc) is 2.84. The van der Waals surface area contributed by atoms with Crippen LogP contribution in [-0.2, 0) is 4.74 Å². The normalized spacial score (nSPS) is 17.3. The lowest BCUT2D eigenvalue weighted by Gasteiger charge is -2.20. The van der Waals surface area contributed by atoms with E-state index in [4.69, 9.17) is 4.74 Å². The second-order valence-corrected chi connectivity index (χ2v) is 7.19. The molecule has 5 heteroatoms. The second-order valence-electron chi connectivity index (χ2n) is 7.19. The van der Waals surface area contributed by atoms with Crippen LogP contribution in [0.5, 0.6) is 0 Å². The molecule has 0 aromatic rings. The van der Waals surface area contributed by atoms with E-state index in [-0.39, 0.29) is 0 Å². The molecule has 1 rings (SSSR count). The minimum absolute atomic E-state index is 0.474. The van der Waals surface area contributed by atoms with Gasteiger partial charge in [-0.05, 0) is 53.1 Å². The Balaban J connectivity index is 2.02. The van der Waals surface area contributed by atoms with Crippen LogP contribution in [0.3, 0.4) is 0 Å². The molecule has 0 unspecified atom stereocenters. The van der Waals surface area contributed by atoms with Crippen LogP contribution in [0.25, 0.3) is 0 Å². The highest BCUT2D eigenvalue weighted by molar-refractivity contribution is 5.79. The Kier molecular flexibility index (Phi) is 11.9. The molecule has 1 fully saturated rings. The zero-order valence-electron chi connectivity index (χ0n) is 16.4. The fraction of sp³-hybridized carbons (Fsp3) is 0.947. The summed E-state index contributed by atoms with van der Waals surface area (Å²) in [4.78, 5) is 6.66. The topological polar surface area (TPSA) is 48.9 Å². The Morgan fingerprint density at radius 3 is 2.38 bits per heavy atom. The largest absolute Gasteiger partial charge is 0.376 e. The Morgan fingerprint density at radius 1 is 1.08 bits per heavy atom. The van der Waals surface area contributed by atoms with E-state index in [2.05, 4.69) is 41.4 Å². The lowest BCUT2D eigenvalue weighted by Crippen LogP contribution is -2.40. The minimum atomic E-state index is 0.474. The smallest absolute Gasteiger partial charge is 0.191 e. The summed E-state index contributed by atoms with van der Waals surface area (Å²) in [6.07, 6.45) is 10.7. The Hall–Kier alpha value is -0.810. The second kappa shape index (κ2) is 13.5. The molecule has 1 aliphatic carbocycles. The Morgan fingerprint density at radius 2 is 1.75 bits per heavy atom. The number of hydrogen-bond donors (Lipinski definition) is 2. The van der Waals surface area contributed by atoms with Crippen LogP contribution < -0.4 is 10.6 Å². The van der Waals surface area contributed by atoms with Gasteiger partial charge in [0.15, 0.2) is 5.96 Å². The zero-order chi connectivity index (χ0) is 17.6. The van der Waals surface area contributed by atoms with Gasteiger partial charge in [-0.2, -0.15) is 0 Å². The van der Waals surface area contributed by atoms with Gasteiger partial charge in [0.25, 0.3) is 0 Å². The van der Waals surface area contributed by atoms with Crippen molar-refractivity contribution in [2.45, 2.75) is 77.4 Å². The molecular formula is C19H40N4O. The van der Waals surface area contributed by atoms with Crippen molar-refractivity contribution in [1.29, 1.82) is 0 Å². The molecule has 24 heavy (non-hydrogen) atoms. The van der Waals surface area contributed by atoms with E-state index in [1.54, 1.807) is 0 Å². The van der Waals surface area contributed by atoms with Crippen molar-refractivity contribution in [3.05, 3.63) is 0 Å². The summed E-state index contributed by atoms with van der Waals surface area (Å²) < 4.78 is 6.00. The van der Waals surface area contributed by atoms with Gasteiger partial charge in [-0.3, -0.25) is 4.99 Å². The third-order valence-electron chi connectivity index (χ3n) is 4.89. The van der Waals surface area contributed by atoms with E-state index in [1.807, 2.05) is 7.05 Å². The van der Waals surface area contributed by atoms with Crippen LogP contribution in [0, 0.1) is 0 Å². The molecule has 0 atom stereocenters. The third-order valence-corrected chi connectivity index (χ3v) is 4.89. The summed E-state index contributed by atoms with van der Waals surface area (Å²) in [5, 5.41) is 6.73. The van der Waals surface area contributed by atoms with Crippen molar-refractivity contribution < 1.29 is 4.74 Å². The highest BCUT2D eigenvalue weighted by Gasteiger charge is 2.12. The monoisotopic (exact) mass is 340 g/mol. The van der Waals surface area contributed by atoms with E-state index < -0.39 is 0 Å². The van der Waals surface area contributed by atoms with E-state index in [0.29, 0.717) is 12.1 Å². The van der Waals surface area contributed by atoms with E-state index in [9.17, 15) is 0 Å². The van der Waals surface area contributed by atoms with Crippen molar-refractivity contribution in [1.82, 2.24) is 15.5 Å². The molecule has 5 nitrogen and oxygen atoms in total. The molecule has 0 aromatic heterocycles. The summed E-state index contributed by atoms with van der Waals surface area (Å²) in [5.41, 5.74) is 0. The van der Waals surface area contributed by atoms with Crippen LogP contribution in [-0.4, -0.2) is 63.3 Å². The molecule has 142 valence electrons. The number of guanidine groups is 1. The van der Waals surface area contributed by atoms with Gasteiger partial charge < -0.3 is 20.3 Å². The molecular weight excluding hydrogens is 300 g/mol. The quantitative estimate of drug-likeness (QED) is 0.278. The molecule has 0 bridgehead atoms. The molecule has 0 spiro atoms. The maximum Gasteiger partial charge on any atom is 0.191 e. The van der Waals surface area contributed by atoms with Gasteiger partial charge in [0, 0.05) is 26.2 Å². The van der Waals surface area contributed by atoms with E-state index in [1.165, 1.54) is 44.9 Å². The fourth-order valence-corrected chi connectivity index (χ4v) is 2.98. The summed E-state index contributed by atoms with van der Waals surface area (Å²) in [7, 11) is 4.01. The summed E-state index contributed by atoms with van der Waals surface area (Å²) in [5.74, 6) is 0.886. The van der Waals surface area contributed by atoms with Gasteiger partial charge in [0.1, 0.15) is 0 Å². The fourth-order valence-electron chi connectivity index (χ4n) is 2.98. The number of nitrogens with zero attached hydrogens (tertiary/aromatic N) is 2.